The van der Waals surface area contributed by atoms with Gasteiger partial charge in [-0.15, -0.1) is 0 Å². The van der Waals surface area contributed by atoms with Crippen LogP contribution < -0.4 is 0 Å². The SMILES string of the molecule is [CH-]=C.[CH-]=C.[CH-]=C.[Fe+3]. The minimum atomic E-state index is 0. The molecule has 1 radical (unpaired) electrons. The Morgan fingerprint density at radius 3 is 0.571 bits per heavy atom. The van der Waals surface area contributed by atoms with Crippen molar-refractivity contribution in [3.8, 4) is 0 Å². The second kappa shape index (κ2) is 1900. The van der Waals surface area contributed by atoms with Crippen molar-refractivity contribution < 1.29 is 17.1 Å². The molecule has 1 heteroatoms. The fourth-order valence-electron chi connectivity index (χ4n) is 0. The van der Waals surface area contributed by atoms with Gasteiger partial charge in [0.2, 0.25) is 0 Å². The zero-order valence-corrected chi connectivity index (χ0v) is 5.31. The summed E-state index contributed by atoms with van der Waals surface area (Å²) in [5, 5.41) is 0. The molecule has 0 rings (SSSR count). The fourth-order valence-corrected chi connectivity index (χ4v) is 0. The first kappa shape index (κ1) is 29.6. The topological polar surface area (TPSA) is 0 Å². The van der Waals surface area contributed by atoms with Crippen molar-refractivity contribution in [3.05, 3.63) is 39.5 Å². The molecule has 0 aliphatic carbocycles. The van der Waals surface area contributed by atoms with Gasteiger partial charge in [0.1, 0.15) is 0 Å². The van der Waals surface area contributed by atoms with Crippen LogP contribution in [0.25, 0.3) is 0 Å². The van der Waals surface area contributed by atoms with Crippen LogP contribution in [0.1, 0.15) is 0 Å². The number of rotatable bonds is 0. The van der Waals surface area contributed by atoms with Crippen LogP contribution in [0.2, 0.25) is 0 Å². The molecule has 0 amide bonds. The minimum Gasteiger partial charge on any atom is -0.521 e. The molecule has 0 N–H and O–H groups in total. The largest absolute Gasteiger partial charge is 3.00 e. The molecule has 0 nitrogen and oxygen atoms in total. The van der Waals surface area contributed by atoms with Crippen LogP contribution in [0, 0.1) is 19.7 Å². The van der Waals surface area contributed by atoms with Crippen LogP contribution in [-0.4, -0.2) is 0 Å². The molecule has 41 valence electrons. The summed E-state index contributed by atoms with van der Waals surface area (Å²) >= 11 is 0. The van der Waals surface area contributed by atoms with Crippen molar-refractivity contribution in [2.75, 3.05) is 0 Å². The van der Waals surface area contributed by atoms with Gasteiger partial charge in [-0.3, -0.25) is 19.7 Å². The monoisotopic (exact) mass is 137 g/mol. The van der Waals surface area contributed by atoms with Crippen molar-refractivity contribution in [1.82, 2.24) is 0 Å². The fraction of sp³-hybridized carbons (Fsp3) is 0. The van der Waals surface area contributed by atoms with Gasteiger partial charge in [0.05, 0.1) is 0 Å². The first-order valence-electron chi connectivity index (χ1n) is 1.22. The minimum absolute atomic E-state index is 0. The summed E-state index contributed by atoms with van der Waals surface area (Å²) in [7, 11) is 0. The average molecular weight is 137 g/mol. The Morgan fingerprint density at radius 1 is 0.571 bits per heavy atom. The van der Waals surface area contributed by atoms with Gasteiger partial charge in [-0.1, -0.05) is 0 Å². The molecule has 0 atom stereocenters. The summed E-state index contributed by atoms with van der Waals surface area (Å²) < 4.78 is 0. The van der Waals surface area contributed by atoms with Crippen molar-refractivity contribution in [2.45, 2.75) is 0 Å². The molecular formula is C6H9Fe. The maximum absolute atomic E-state index is 4.25. The van der Waals surface area contributed by atoms with Gasteiger partial charge in [0.25, 0.3) is 0 Å². The third kappa shape index (κ3) is 1180. The van der Waals surface area contributed by atoms with E-state index >= 15 is 0 Å². The van der Waals surface area contributed by atoms with Crippen LogP contribution in [0.3, 0.4) is 0 Å². The molecule has 0 heterocycles. The quantitative estimate of drug-likeness (QED) is 0.352. The van der Waals surface area contributed by atoms with Crippen LogP contribution in [0.15, 0.2) is 19.7 Å². The third-order valence-electron chi connectivity index (χ3n) is 0. The van der Waals surface area contributed by atoms with Gasteiger partial charge >= 0.3 is 17.1 Å². The van der Waals surface area contributed by atoms with E-state index in [1.165, 1.54) is 0 Å². The van der Waals surface area contributed by atoms with Crippen LogP contribution >= 0.6 is 0 Å². The molecule has 0 bridgehead atoms. The second-order valence-corrected chi connectivity index (χ2v) is 0. The van der Waals surface area contributed by atoms with Gasteiger partial charge in [-0.25, -0.2) is 0 Å². The first-order chi connectivity index (χ1) is 3.00. The third-order valence-corrected chi connectivity index (χ3v) is 0. The molecule has 0 aromatic heterocycles. The summed E-state index contributed by atoms with van der Waals surface area (Å²) in [4.78, 5) is 0. The average Bonchev–Trinajstić information content (AvgIpc) is 1.81. The predicted octanol–water partition coefficient (Wildman–Crippen LogP) is 1.81. The second-order valence-electron chi connectivity index (χ2n) is 0. The first-order valence-corrected chi connectivity index (χ1v) is 1.22. The zero-order valence-electron chi connectivity index (χ0n) is 4.21. The van der Waals surface area contributed by atoms with E-state index in [0.29, 0.717) is 0 Å². The van der Waals surface area contributed by atoms with Gasteiger partial charge in [-0.2, -0.15) is 0 Å². The summed E-state index contributed by atoms with van der Waals surface area (Å²) in [6.45, 7) is 21.0. The molecular weight excluding hydrogens is 128 g/mol. The van der Waals surface area contributed by atoms with Gasteiger partial charge in [0.15, 0.2) is 0 Å². The molecule has 0 saturated carbocycles. The Labute approximate surface area is 57.1 Å². The van der Waals surface area contributed by atoms with E-state index in [9.17, 15) is 0 Å². The zero-order chi connectivity index (χ0) is 6.00. The van der Waals surface area contributed by atoms with Gasteiger partial charge in [0, 0.05) is 0 Å². The molecule has 0 unspecified atom stereocenters. The Bertz CT molecular complexity index is 8.90. The van der Waals surface area contributed by atoms with Gasteiger partial charge < -0.3 is 19.7 Å². The molecule has 0 spiro atoms. The summed E-state index contributed by atoms with van der Waals surface area (Å²) in [5.41, 5.74) is 0. The predicted molar refractivity (Wildman–Crippen MR) is 29.8 cm³/mol. The van der Waals surface area contributed by atoms with Crippen LogP contribution in [0.4, 0.5) is 0 Å². The van der Waals surface area contributed by atoms with E-state index in [4.69, 9.17) is 0 Å². The maximum Gasteiger partial charge on any atom is 3.00 e. The van der Waals surface area contributed by atoms with Crippen LogP contribution in [0.5, 0.6) is 0 Å². The molecule has 7 heavy (non-hydrogen) atoms. The maximum atomic E-state index is 4.25. The smallest absolute Gasteiger partial charge is 0.521 e. The van der Waals surface area contributed by atoms with E-state index in [1.54, 1.807) is 0 Å². The van der Waals surface area contributed by atoms with E-state index in [0.717, 1.165) is 0 Å². The van der Waals surface area contributed by atoms with E-state index in [2.05, 4.69) is 39.5 Å². The van der Waals surface area contributed by atoms with Crippen molar-refractivity contribution in [3.63, 3.8) is 0 Å². The van der Waals surface area contributed by atoms with E-state index in [-0.39, 0.29) is 17.1 Å². The molecule has 0 aromatic carbocycles. The van der Waals surface area contributed by atoms with E-state index < -0.39 is 0 Å². The van der Waals surface area contributed by atoms with E-state index in [1.807, 2.05) is 0 Å². The Kier molecular flexibility index (Phi) is 8030. The molecule has 0 saturated heterocycles. The Morgan fingerprint density at radius 2 is 0.571 bits per heavy atom. The van der Waals surface area contributed by atoms with Crippen LogP contribution in [-0.2, 0) is 17.1 Å². The van der Waals surface area contributed by atoms with Crippen molar-refractivity contribution in [2.24, 2.45) is 0 Å². The molecule has 0 aliphatic heterocycles. The molecule has 0 fully saturated rings. The summed E-state index contributed by atoms with van der Waals surface area (Å²) in [5.74, 6) is 0. The normalized spacial score (nSPS) is 1.71. The number of hydrogen-bond acceptors (Lipinski definition) is 0. The standard InChI is InChI=1S/3C2H3.Fe/c3*1-2;/h3*1H,2H2;/q3*-1;+3. The van der Waals surface area contributed by atoms with Crippen molar-refractivity contribution in [1.29, 1.82) is 0 Å². The van der Waals surface area contributed by atoms with Crippen molar-refractivity contribution >= 4 is 0 Å². The molecule has 0 aromatic rings. The van der Waals surface area contributed by atoms with Gasteiger partial charge in [-0.05, 0) is 0 Å². The molecule has 0 aliphatic rings. The Hall–Kier alpha value is -0.261. The summed E-state index contributed by atoms with van der Waals surface area (Å²) in [6, 6.07) is 0. The Balaban J connectivity index is -0.00000000900. The number of hydrogen-bond donors (Lipinski definition) is 0. The summed E-state index contributed by atoms with van der Waals surface area (Å²) in [6.07, 6.45) is 0.